The number of halogens is 3. The van der Waals surface area contributed by atoms with Gasteiger partial charge in [0, 0.05) is 11.5 Å². The first kappa shape index (κ1) is 20.1. The summed E-state index contributed by atoms with van der Waals surface area (Å²) in [7, 11) is -4.17. The summed E-state index contributed by atoms with van der Waals surface area (Å²) in [5.74, 6) is 0. The molecule has 0 bridgehead atoms. The number of hydrogen-bond acceptors (Lipinski definition) is 4. The first-order chi connectivity index (χ1) is 12.9. The van der Waals surface area contributed by atoms with Gasteiger partial charge in [-0.25, -0.2) is 17.9 Å². The molecule has 28 heavy (non-hydrogen) atoms. The molecule has 1 N–H and O–H groups in total. The molecule has 3 rings (SSSR count). The van der Waals surface area contributed by atoms with Crippen LogP contribution >= 0.6 is 0 Å². The molecule has 0 saturated carbocycles. The molecule has 9 heteroatoms. The summed E-state index contributed by atoms with van der Waals surface area (Å²) in [4.78, 5) is 11.0. The first-order valence-corrected chi connectivity index (χ1v) is 9.63. The van der Waals surface area contributed by atoms with Crippen molar-refractivity contribution >= 4 is 21.0 Å². The fourth-order valence-electron chi connectivity index (χ4n) is 2.85. The van der Waals surface area contributed by atoms with Crippen LogP contribution in [0.1, 0.15) is 25.0 Å². The number of benzene rings is 2. The average Bonchev–Trinajstić information content (AvgIpc) is 2.59. The van der Waals surface area contributed by atoms with Gasteiger partial charge in [-0.3, -0.25) is 0 Å². The highest BCUT2D eigenvalue weighted by Gasteiger charge is 2.35. The predicted molar refractivity (Wildman–Crippen MR) is 97.3 cm³/mol. The smallest absolute Gasteiger partial charge is 0.417 e. The number of hydrogen-bond donors (Lipinski definition) is 1. The standard InChI is InChI=1S/C19H16F3NO4S/c1-18(2,12-6-4-3-5-7-12)23-28(25,26)13-8-9-16-14(10-13)15(19(20,21)22)11-17(24)27-16/h3-11,23H,1-2H3. The fraction of sp³-hybridized carbons (Fsp3) is 0.211. The van der Waals surface area contributed by atoms with Crippen molar-refractivity contribution in [1.29, 1.82) is 0 Å². The van der Waals surface area contributed by atoms with Gasteiger partial charge in [-0.2, -0.15) is 13.2 Å². The number of fused-ring (bicyclic) bond motifs is 1. The van der Waals surface area contributed by atoms with Crippen molar-refractivity contribution in [3.05, 3.63) is 76.1 Å². The van der Waals surface area contributed by atoms with E-state index in [9.17, 15) is 26.4 Å². The Hall–Kier alpha value is -2.65. The minimum Gasteiger partial charge on any atom is -0.423 e. The third-order valence-electron chi connectivity index (χ3n) is 4.21. The lowest BCUT2D eigenvalue weighted by atomic mass is 9.96. The van der Waals surface area contributed by atoms with Crippen LogP contribution < -0.4 is 10.3 Å². The molecule has 3 aromatic rings. The van der Waals surface area contributed by atoms with Crippen molar-refractivity contribution < 1.29 is 26.0 Å². The quantitative estimate of drug-likeness (QED) is 0.658. The summed E-state index contributed by atoms with van der Waals surface area (Å²) >= 11 is 0. The van der Waals surface area contributed by atoms with Crippen molar-refractivity contribution in [2.75, 3.05) is 0 Å². The van der Waals surface area contributed by atoms with E-state index in [0.29, 0.717) is 11.6 Å². The molecule has 0 spiro atoms. The topological polar surface area (TPSA) is 76.4 Å². The molecule has 0 aliphatic rings. The third kappa shape index (κ3) is 3.95. The molecule has 5 nitrogen and oxygen atoms in total. The van der Waals surface area contributed by atoms with E-state index >= 15 is 0 Å². The maximum Gasteiger partial charge on any atom is 0.417 e. The van der Waals surface area contributed by atoms with Gasteiger partial charge in [-0.05, 0) is 37.6 Å². The SMILES string of the molecule is CC(C)(NS(=O)(=O)c1ccc2oc(=O)cc(C(F)(F)F)c2c1)c1ccccc1. The van der Waals surface area contributed by atoms with Crippen LogP contribution in [0.5, 0.6) is 0 Å². The second kappa shape index (κ2) is 6.75. The van der Waals surface area contributed by atoms with E-state index in [1.165, 1.54) is 0 Å². The van der Waals surface area contributed by atoms with Gasteiger partial charge in [0.05, 0.1) is 16.0 Å². The van der Waals surface area contributed by atoms with Crippen LogP contribution in [0.3, 0.4) is 0 Å². The molecule has 0 atom stereocenters. The lowest BCUT2D eigenvalue weighted by Gasteiger charge is -2.26. The van der Waals surface area contributed by atoms with Gasteiger partial charge in [-0.1, -0.05) is 30.3 Å². The minimum atomic E-state index is -4.84. The second-order valence-corrected chi connectivity index (χ2v) is 8.41. The maximum absolute atomic E-state index is 13.3. The largest absolute Gasteiger partial charge is 0.423 e. The van der Waals surface area contributed by atoms with Crippen LogP contribution in [0.2, 0.25) is 0 Å². The number of alkyl halides is 3. The Morgan fingerprint density at radius 3 is 2.21 bits per heavy atom. The average molecular weight is 411 g/mol. The lowest BCUT2D eigenvalue weighted by Crippen LogP contribution is -2.40. The van der Waals surface area contributed by atoms with Gasteiger partial charge in [0.15, 0.2) is 0 Å². The number of rotatable bonds is 4. The van der Waals surface area contributed by atoms with Gasteiger partial charge >= 0.3 is 11.8 Å². The lowest BCUT2D eigenvalue weighted by molar-refractivity contribution is -0.136. The fourth-order valence-corrected chi connectivity index (χ4v) is 4.28. The summed E-state index contributed by atoms with van der Waals surface area (Å²) in [5.41, 5.74) is -3.09. The van der Waals surface area contributed by atoms with E-state index in [2.05, 4.69) is 4.72 Å². The molecule has 148 valence electrons. The number of sulfonamides is 1. The van der Waals surface area contributed by atoms with Crippen molar-refractivity contribution in [3.63, 3.8) is 0 Å². The second-order valence-electron chi connectivity index (χ2n) is 6.73. The molecule has 0 aliphatic heterocycles. The van der Waals surface area contributed by atoms with Crippen molar-refractivity contribution in [2.45, 2.75) is 30.5 Å². The Kier molecular flexibility index (Phi) is 4.84. The van der Waals surface area contributed by atoms with Crippen LogP contribution in [0, 0.1) is 0 Å². The third-order valence-corrected chi connectivity index (χ3v) is 5.87. The Labute approximate surface area is 158 Å². The molecule has 1 heterocycles. The van der Waals surface area contributed by atoms with Gasteiger partial charge in [0.25, 0.3) is 0 Å². The summed E-state index contributed by atoms with van der Waals surface area (Å²) in [5, 5.41) is -0.507. The zero-order valence-corrected chi connectivity index (χ0v) is 15.7. The molecule has 0 amide bonds. The zero-order chi connectivity index (χ0) is 20.7. The minimum absolute atomic E-state index is 0.306. The zero-order valence-electron chi connectivity index (χ0n) is 14.9. The predicted octanol–water partition coefficient (Wildman–Crippen LogP) is 4.03. The van der Waals surface area contributed by atoms with E-state index < -0.39 is 38.3 Å². The van der Waals surface area contributed by atoms with E-state index in [-0.39, 0.29) is 10.5 Å². The van der Waals surface area contributed by atoms with E-state index in [1.54, 1.807) is 44.2 Å². The van der Waals surface area contributed by atoms with Crippen LogP contribution in [-0.4, -0.2) is 8.42 Å². The molecular weight excluding hydrogens is 395 g/mol. The van der Waals surface area contributed by atoms with Gasteiger partial charge in [0.2, 0.25) is 10.0 Å². The van der Waals surface area contributed by atoms with Crippen LogP contribution in [0.25, 0.3) is 11.0 Å². The van der Waals surface area contributed by atoms with E-state index in [0.717, 1.165) is 18.2 Å². The highest BCUT2D eigenvalue weighted by molar-refractivity contribution is 7.89. The highest BCUT2D eigenvalue weighted by Crippen LogP contribution is 2.35. The Morgan fingerprint density at radius 1 is 0.964 bits per heavy atom. The molecule has 0 radical (unpaired) electrons. The van der Waals surface area contributed by atoms with Crippen molar-refractivity contribution in [3.8, 4) is 0 Å². The molecule has 0 saturated heterocycles. The Morgan fingerprint density at radius 2 is 1.61 bits per heavy atom. The number of nitrogens with one attached hydrogen (secondary N) is 1. The molecule has 0 aliphatic carbocycles. The summed E-state index contributed by atoms with van der Waals surface area (Å²) < 4.78 is 72.7. The Bertz CT molecular complexity index is 1180. The maximum atomic E-state index is 13.3. The van der Waals surface area contributed by atoms with Crippen molar-refractivity contribution in [2.24, 2.45) is 0 Å². The van der Waals surface area contributed by atoms with Gasteiger partial charge in [0.1, 0.15) is 5.58 Å². The van der Waals surface area contributed by atoms with E-state index in [4.69, 9.17) is 4.42 Å². The summed E-state index contributed by atoms with van der Waals surface area (Å²) in [6.07, 6.45) is -4.84. The molecule has 0 unspecified atom stereocenters. The van der Waals surface area contributed by atoms with Crippen LogP contribution in [0.4, 0.5) is 13.2 Å². The van der Waals surface area contributed by atoms with Crippen LogP contribution in [0.15, 0.2) is 68.7 Å². The first-order valence-electron chi connectivity index (χ1n) is 8.15. The summed E-state index contributed by atoms with van der Waals surface area (Å²) in [6.45, 7) is 3.28. The Balaban J connectivity index is 2.10. The molecule has 0 fully saturated rings. The van der Waals surface area contributed by atoms with Gasteiger partial charge < -0.3 is 4.42 Å². The monoisotopic (exact) mass is 411 g/mol. The molecular formula is C19H16F3NO4S. The normalized spacial score (nSPS) is 13.0. The van der Waals surface area contributed by atoms with Crippen LogP contribution in [-0.2, 0) is 21.7 Å². The van der Waals surface area contributed by atoms with E-state index in [1.807, 2.05) is 0 Å². The molecule has 1 aromatic heterocycles. The summed E-state index contributed by atoms with van der Waals surface area (Å²) in [6, 6.07) is 12.0. The van der Waals surface area contributed by atoms with Gasteiger partial charge in [-0.15, -0.1) is 0 Å². The molecule has 2 aromatic carbocycles. The van der Waals surface area contributed by atoms with Crippen molar-refractivity contribution in [1.82, 2.24) is 4.72 Å². The highest BCUT2D eigenvalue weighted by atomic mass is 32.2.